The summed E-state index contributed by atoms with van der Waals surface area (Å²) in [5.41, 5.74) is 4.61. The molecular formula is C15H18BrOS+. The fourth-order valence-corrected chi connectivity index (χ4v) is 3.28. The van der Waals surface area contributed by atoms with Gasteiger partial charge in [-0.3, -0.25) is 0 Å². The molecule has 0 spiro atoms. The average Bonchev–Trinajstić information content (AvgIpc) is 2.44. The first kappa shape index (κ1) is 15.3. The smallest absolute Gasteiger partial charge is 0.0933 e. The van der Waals surface area contributed by atoms with E-state index in [0.717, 1.165) is 22.5 Å². The molecule has 0 N–H and O–H groups in total. The highest BCUT2D eigenvalue weighted by Gasteiger charge is 2.20. The van der Waals surface area contributed by atoms with Crippen LogP contribution in [0.2, 0.25) is 0 Å². The topological polar surface area (TPSA) is 17.1 Å². The Hall–Kier alpha value is -0.800. The molecule has 3 heteroatoms. The second-order valence-electron chi connectivity index (χ2n) is 4.25. The van der Waals surface area contributed by atoms with E-state index in [1.165, 1.54) is 11.1 Å². The number of hydrogen-bond donors (Lipinski definition) is 0. The van der Waals surface area contributed by atoms with Gasteiger partial charge in [0.25, 0.3) is 4.91 Å². The molecule has 0 fully saturated rings. The van der Waals surface area contributed by atoms with E-state index in [9.17, 15) is 4.21 Å². The largest absolute Gasteiger partial charge is 0.505 e. The van der Waals surface area contributed by atoms with Crippen molar-refractivity contribution in [3.63, 3.8) is 0 Å². The van der Waals surface area contributed by atoms with Crippen molar-refractivity contribution in [1.82, 2.24) is 0 Å². The second kappa shape index (κ2) is 6.95. The minimum Gasteiger partial charge on any atom is -0.0933 e. The number of allylic oxidation sites excluding steroid dienone is 8. The van der Waals surface area contributed by atoms with Crippen LogP contribution in [-0.2, 0) is 15.9 Å². The van der Waals surface area contributed by atoms with Crippen molar-refractivity contribution in [3.05, 3.63) is 58.1 Å². The standard InChI is InChI=1S/C15H18BrOS/c1-5-13(15(6-2)18-17)14-8-10(3)7-12(16)9-11(14)4/h6-9,12H,2,5H2,1,3-4H3/q+1/b15-13-. The summed E-state index contributed by atoms with van der Waals surface area (Å²) < 4.78 is 11.2. The van der Waals surface area contributed by atoms with Crippen molar-refractivity contribution < 1.29 is 4.21 Å². The first-order valence-electron chi connectivity index (χ1n) is 5.92. The van der Waals surface area contributed by atoms with Crippen LogP contribution in [0.3, 0.4) is 0 Å². The maximum atomic E-state index is 11.2. The van der Waals surface area contributed by atoms with E-state index in [2.05, 4.69) is 61.5 Å². The van der Waals surface area contributed by atoms with Gasteiger partial charge in [-0.1, -0.05) is 53.2 Å². The van der Waals surface area contributed by atoms with Gasteiger partial charge in [0.15, 0.2) is 0 Å². The van der Waals surface area contributed by atoms with Gasteiger partial charge in [-0.05, 0) is 31.4 Å². The molecule has 0 radical (unpaired) electrons. The van der Waals surface area contributed by atoms with Crippen LogP contribution in [0.25, 0.3) is 0 Å². The lowest BCUT2D eigenvalue weighted by Crippen LogP contribution is -1.96. The Morgan fingerprint density at radius 2 is 2.17 bits per heavy atom. The van der Waals surface area contributed by atoms with Crippen molar-refractivity contribution in [2.75, 3.05) is 0 Å². The molecule has 0 saturated heterocycles. The second-order valence-corrected chi connectivity index (χ2v) is 5.91. The molecule has 0 amide bonds. The number of hydrogen-bond acceptors (Lipinski definition) is 1. The monoisotopic (exact) mass is 325 g/mol. The maximum Gasteiger partial charge on any atom is 0.505 e. The third-order valence-corrected chi connectivity index (χ3v) is 4.00. The van der Waals surface area contributed by atoms with Gasteiger partial charge < -0.3 is 0 Å². The summed E-state index contributed by atoms with van der Waals surface area (Å²) in [7, 11) is 0. The van der Waals surface area contributed by atoms with E-state index in [-0.39, 0.29) is 4.83 Å². The minimum atomic E-state index is 0.247. The lowest BCUT2D eigenvalue weighted by atomic mass is 9.95. The molecule has 0 aromatic heterocycles. The molecule has 0 aromatic carbocycles. The van der Waals surface area contributed by atoms with E-state index >= 15 is 0 Å². The van der Waals surface area contributed by atoms with Gasteiger partial charge in [0.05, 0.1) is 4.83 Å². The fourth-order valence-electron chi connectivity index (χ4n) is 2.05. The first-order chi connectivity index (χ1) is 8.53. The molecule has 1 unspecified atom stereocenters. The summed E-state index contributed by atoms with van der Waals surface area (Å²) in [6.45, 7) is 9.95. The van der Waals surface area contributed by atoms with E-state index in [4.69, 9.17) is 0 Å². The molecule has 96 valence electrons. The number of rotatable bonds is 4. The molecule has 1 atom stereocenters. The Kier molecular flexibility index (Phi) is 5.89. The zero-order valence-electron chi connectivity index (χ0n) is 11.0. The quantitative estimate of drug-likeness (QED) is 0.410. The molecule has 1 rings (SSSR count). The van der Waals surface area contributed by atoms with Gasteiger partial charge in [0.1, 0.15) is 0 Å². The van der Waals surface area contributed by atoms with Crippen LogP contribution in [0.1, 0.15) is 27.2 Å². The normalized spacial score (nSPS) is 21.1. The zero-order chi connectivity index (χ0) is 13.7. The summed E-state index contributed by atoms with van der Waals surface area (Å²) in [4.78, 5) is 0.966. The Morgan fingerprint density at radius 3 is 2.67 bits per heavy atom. The van der Waals surface area contributed by atoms with E-state index < -0.39 is 0 Å². The zero-order valence-corrected chi connectivity index (χ0v) is 13.4. The molecule has 1 aliphatic carbocycles. The molecule has 1 nitrogen and oxygen atoms in total. The minimum absolute atomic E-state index is 0.247. The van der Waals surface area contributed by atoms with Crippen LogP contribution in [0, 0.1) is 0 Å². The van der Waals surface area contributed by atoms with E-state index in [1.807, 2.05) is 0 Å². The molecule has 0 aromatic rings. The average molecular weight is 326 g/mol. The van der Waals surface area contributed by atoms with Crippen molar-refractivity contribution in [1.29, 1.82) is 0 Å². The Bertz CT molecular complexity index is 471. The molecule has 0 saturated carbocycles. The third kappa shape index (κ3) is 3.59. The van der Waals surface area contributed by atoms with Crippen molar-refractivity contribution in [2.24, 2.45) is 0 Å². The summed E-state index contributed by atoms with van der Waals surface area (Å²) in [5, 5.41) is 0. The van der Waals surface area contributed by atoms with Gasteiger partial charge in [-0.15, -0.1) is 0 Å². The van der Waals surface area contributed by atoms with Crippen LogP contribution in [-0.4, -0.2) is 4.83 Å². The van der Waals surface area contributed by atoms with Crippen LogP contribution in [0.5, 0.6) is 0 Å². The molecule has 0 bridgehead atoms. The lowest BCUT2D eigenvalue weighted by molar-refractivity contribution is 0.607. The van der Waals surface area contributed by atoms with Crippen LogP contribution < -0.4 is 0 Å². The lowest BCUT2D eigenvalue weighted by Gasteiger charge is -2.09. The third-order valence-electron chi connectivity index (χ3n) is 2.88. The van der Waals surface area contributed by atoms with Gasteiger partial charge in [0, 0.05) is 15.9 Å². The Morgan fingerprint density at radius 1 is 1.50 bits per heavy atom. The van der Waals surface area contributed by atoms with Crippen molar-refractivity contribution >= 4 is 27.6 Å². The molecule has 0 aliphatic heterocycles. The molecule has 0 heterocycles. The Labute approximate surface area is 122 Å². The van der Waals surface area contributed by atoms with Crippen LogP contribution in [0.15, 0.2) is 58.1 Å². The number of halogens is 1. The number of alkyl halides is 1. The Balaban J connectivity index is 3.41. The highest BCUT2D eigenvalue weighted by molar-refractivity contribution is 9.09. The fraction of sp³-hybridized carbons (Fsp3) is 0.333. The highest BCUT2D eigenvalue weighted by Crippen LogP contribution is 2.30. The van der Waals surface area contributed by atoms with Gasteiger partial charge in [-0.2, -0.15) is 0 Å². The van der Waals surface area contributed by atoms with Gasteiger partial charge in [0.2, 0.25) is 0 Å². The molecule has 1 aliphatic rings. The van der Waals surface area contributed by atoms with Crippen LogP contribution >= 0.6 is 15.9 Å². The maximum absolute atomic E-state index is 11.2. The molecular weight excluding hydrogens is 308 g/mol. The van der Waals surface area contributed by atoms with E-state index in [0.29, 0.717) is 11.7 Å². The predicted molar refractivity (Wildman–Crippen MR) is 83.9 cm³/mol. The van der Waals surface area contributed by atoms with Crippen LogP contribution in [0.4, 0.5) is 0 Å². The highest BCUT2D eigenvalue weighted by atomic mass is 79.9. The molecule has 18 heavy (non-hydrogen) atoms. The van der Waals surface area contributed by atoms with Gasteiger partial charge in [-0.25, -0.2) is 0 Å². The SMILES string of the molecule is C=C/C([S+]=O)=C(\CC)C1=CC(C)=CC(Br)C=C1C. The van der Waals surface area contributed by atoms with Crippen molar-refractivity contribution in [3.8, 4) is 0 Å². The summed E-state index contributed by atoms with van der Waals surface area (Å²) in [6.07, 6.45) is 8.94. The predicted octanol–water partition coefficient (Wildman–Crippen LogP) is 4.86. The van der Waals surface area contributed by atoms with Crippen molar-refractivity contribution in [2.45, 2.75) is 32.0 Å². The summed E-state index contributed by atoms with van der Waals surface area (Å²) in [5.74, 6) is 0. The van der Waals surface area contributed by atoms with E-state index in [1.54, 1.807) is 6.08 Å². The van der Waals surface area contributed by atoms with Gasteiger partial charge >= 0.3 is 11.7 Å². The first-order valence-corrected chi connectivity index (χ1v) is 7.58. The summed E-state index contributed by atoms with van der Waals surface area (Å²) >= 11 is 4.12. The summed E-state index contributed by atoms with van der Waals surface area (Å²) in [6, 6.07) is 0.